The number of nitrogens with zero attached hydrogens (tertiary/aromatic N) is 1. The molecule has 0 amide bonds. The molecule has 4 aromatic rings. The molecule has 5 fully saturated rings. The maximum absolute atomic E-state index is 12.7. The summed E-state index contributed by atoms with van der Waals surface area (Å²) in [4.78, 5) is 2.30. The van der Waals surface area contributed by atoms with Gasteiger partial charge in [-0.05, 0) is 148 Å². The van der Waals surface area contributed by atoms with Crippen LogP contribution in [0.2, 0.25) is 10.0 Å². The summed E-state index contributed by atoms with van der Waals surface area (Å²) in [6, 6.07) is 25.8. The van der Waals surface area contributed by atoms with Gasteiger partial charge in [0.15, 0.2) is 0 Å². The van der Waals surface area contributed by atoms with E-state index in [0.29, 0.717) is 53.7 Å². The Morgan fingerprint density at radius 3 is 1.61 bits per heavy atom. The van der Waals surface area contributed by atoms with E-state index in [1.165, 1.54) is 49.1 Å². The number of likely N-dealkylation sites (tertiary alicyclic amines) is 1. The lowest BCUT2D eigenvalue weighted by Gasteiger charge is -2.48. The Labute approximate surface area is 382 Å². The van der Waals surface area contributed by atoms with Crippen LogP contribution in [-0.2, 0) is 27.9 Å². The molecule has 9 rings (SSSR count). The molecule has 2 aliphatic carbocycles. The van der Waals surface area contributed by atoms with E-state index in [1.807, 2.05) is 36.4 Å². The summed E-state index contributed by atoms with van der Waals surface area (Å²) in [6.45, 7) is 6.27. The normalized spacial score (nSPS) is 23.1. The van der Waals surface area contributed by atoms with Crippen LogP contribution in [0.3, 0.4) is 0 Å². The molecule has 0 bridgehead atoms. The van der Waals surface area contributed by atoms with Gasteiger partial charge >= 0.3 is 12.4 Å². The van der Waals surface area contributed by atoms with E-state index >= 15 is 0 Å². The number of ether oxygens (including phenoxy) is 3. The molecule has 0 radical (unpaired) electrons. The van der Waals surface area contributed by atoms with Crippen molar-refractivity contribution < 1.29 is 45.7 Å². The molecule has 0 unspecified atom stereocenters. The van der Waals surface area contributed by atoms with Crippen molar-refractivity contribution in [3.05, 3.63) is 129 Å². The molecular formula is C50H58Cl2F6N2O4. The Morgan fingerprint density at radius 2 is 1.17 bits per heavy atom. The van der Waals surface area contributed by atoms with Gasteiger partial charge in [-0.25, -0.2) is 0 Å². The van der Waals surface area contributed by atoms with Crippen molar-refractivity contribution in [2.24, 2.45) is 11.8 Å². The van der Waals surface area contributed by atoms with Gasteiger partial charge < -0.3 is 29.5 Å². The number of aliphatic hydroxyl groups is 1. The average molecular weight is 936 g/mol. The molecule has 0 aromatic heterocycles. The molecule has 2 saturated carbocycles. The molecule has 3 saturated heterocycles. The SMILES string of the molecule is Clc1ccc(C2([C@H]3CO3)CCC2)cc1.FC(F)(F)c1ccc(OC[C@@H]2CCCNC2)cc1.O[C@H](CN1CCC[C@@H](COc2ccc(C(F)(F)F)cc2)C1)C1(c2ccc(Cl)cc2)CCC1. The fraction of sp³-hybridized carbons (Fsp3) is 0.520. The van der Waals surface area contributed by atoms with Gasteiger partial charge in [-0.3, -0.25) is 0 Å². The minimum atomic E-state index is -4.34. The molecule has 6 nitrogen and oxygen atoms in total. The summed E-state index contributed by atoms with van der Waals surface area (Å²) in [5.41, 5.74) is 1.39. The predicted octanol–water partition coefficient (Wildman–Crippen LogP) is 12.2. The maximum Gasteiger partial charge on any atom is 0.416 e. The zero-order valence-electron chi connectivity index (χ0n) is 35.9. The predicted molar refractivity (Wildman–Crippen MR) is 238 cm³/mol. The second-order valence-corrected chi connectivity index (χ2v) is 18.9. The Balaban J connectivity index is 0.000000160. The number of halogens is 8. The van der Waals surface area contributed by atoms with E-state index in [4.69, 9.17) is 37.4 Å². The number of hydrogen-bond acceptors (Lipinski definition) is 6. The van der Waals surface area contributed by atoms with Crippen molar-refractivity contribution in [2.75, 3.05) is 52.5 Å². The minimum Gasteiger partial charge on any atom is -0.493 e. The number of β-amino-alcohol motifs (C(OH)–C–C–N with tert-alkyl or cyclic N) is 1. The van der Waals surface area contributed by atoms with Gasteiger partial charge in [0.25, 0.3) is 0 Å². The van der Waals surface area contributed by atoms with E-state index in [2.05, 4.69) is 22.3 Å². The van der Waals surface area contributed by atoms with Crippen molar-refractivity contribution in [1.82, 2.24) is 10.2 Å². The molecule has 348 valence electrons. The third-order valence-corrected chi connectivity index (χ3v) is 14.2. The number of nitrogens with one attached hydrogen (secondary N) is 1. The van der Waals surface area contributed by atoms with Crippen LogP contribution in [0, 0.1) is 11.8 Å². The zero-order chi connectivity index (χ0) is 45.4. The molecule has 4 aromatic carbocycles. The van der Waals surface area contributed by atoms with Crippen molar-refractivity contribution in [2.45, 2.75) is 99.6 Å². The number of epoxide rings is 1. The Hall–Kier alpha value is -3.52. The van der Waals surface area contributed by atoms with Crippen molar-refractivity contribution >= 4 is 23.2 Å². The highest BCUT2D eigenvalue weighted by atomic mass is 35.5. The Morgan fingerprint density at radius 1 is 0.672 bits per heavy atom. The van der Waals surface area contributed by atoms with Crippen LogP contribution in [0.25, 0.3) is 0 Å². The number of piperidine rings is 2. The van der Waals surface area contributed by atoms with Crippen LogP contribution in [0.1, 0.15) is 86.5 Å². The van der Waals surface area contributed by atoms with Crippen LogP contribution in [0.15, 0.2) is 97.1 Å². The summed E-state index contributed by atoms with van der Waals surface area (Å²) in [5.74, 6) is 1.67. The highest BCUT2D eigenvalue weighted by Gasteiger charge is 2.52. The fourth-order valence-electron chi connectivity index (χ4n) is 9.50. The highest BCUT2D eigenvalue weighted by Crippen LogP contribution is 2.51. The first-order valence-electron chi connectivity index (χ1n) is 22.5. The van der Waals surface area contributed by atoms with E-state index < -0.39 is 29.6 Å². The van der Waals surface area contributed by atoms with E-state index in [9.17, 15) is 31.4 Å². The molecule has 4 atom stereocenters. The smallest absolute Gasteiger partial charge is 0.416 e. The van der Waals surface area contributed by atoms with E-state index in [1.54, 1.807) is 0 Å². The van der Waals surface area contributed by atoms with Gasteiger partial charge in [0.1, 0.15) is 11.5 Å². The van der Waals surface area contributed by atoms with Crippen LogP contribution >= 0.6 is 23.2 Å². The topological polar surface area (TPSA) is 66.5 Å². The number of benzene rings is 4. The minimum absolute atomic E-state index is 0.200. The standard InChI is InChI=1S/C25H29ClF3NO2.C13H16F3NO.C12H13ClO/c26-21-8-4-19(5-9-21)24(12-2-13-24)23(31)16-30-14-1-3-18(15-30)17-32-22-10-6-20(7-11-22)25(27,28)29;14-13(15,16)11-3-5-12(6-4-11)18-9-10-2-1-7-17-8-10;13-10-4-2-9(3-5-10)12(6-1-7-12)11-8-14-11/h4-11,18,23,31H,1-3,12-17H2;3-6,10,17H,1-2,7-9H2;2-5,11H,1,6-8H2/t18-,23-;10-;11-/m111/s1. The number of rotatable bonds is 12. The highest BCUT2D eigenvalue weighted by molar-refractivity contribution is 6.30. The lowest BCUT2D eigenvalue weighted by atomic mass is 9.61. The molecule has 0 spiro atoms. The Bertz CT molecular complexity index is 2030. The van der Waals surface area contributed by atoms with Crippen molar-refractivity contribution in [3.63, 3.8) is 0 Å². The van der Waals surface area contributed by atoms with E-state index in [-0.39, 0.29) is 11.3 Å². The van der Waals surface area contributed by atoms with Gasteiger partial charge in [0.2, 0.25) is 0 Å². The number of aliphatic hydroxyl groups excluding tert-OH is 1. The molecule has 14 heteroatoms. The summed E-state index contributed by atoms with van der Waals surface area (Å²) in [6.07, 6.45) is 2.62. The van der Waals surface area contributed by atoms with Gasteiger partial charge in [-0.1, -0.05) is 60.3 Å². The lowest BCUT2D eigenvalue weighted by molar-refractivity contribution is -0.138. The summed E-state index contributed by atoms with van der Waals surface area (Å²) in [5, 5.41) is 16.0. The first kappa shape index (κ1) is 48.4. The molecular weight excluding hydrogens is 877 g/mol. The first-order chi connectivity index (χ1) is 30.6. The second kappa shape index (κ2) is 21.4. The molecule has 5 aliphatic rings. The van der Waals surface area contributed by atoms with Gasteiger partial charge in [0.05, 0.1) is 43.2 Å². The van der Waals surface area contributed by atoms with Gasteiger partial charge in [-0.2, -0.15) is 26.3 Å². The second-order valence-electron chi connectivity index (χ2n) is 18.0. The van der Waals surface area contributed by atoms with Gasteiger partial charge in [-0.15, -0.1) is 0 Å². The zero-order valence-corrected chi connectivity index (χ0v) is 37.4. The lowest BCUT2D eigenvalue weighted by Crippen LogP contribution is -2.52. The Kier molecular flexibility index (Phi) is 16.2. The fourth-order valence-corrected chi connectivity index (χ4v) is 9.76. The number of alkyl halides is 6. The molecule has 3 heterocycles. The van der Waals surface area contributed by atoms with Crippen LogP contribution in [0.5, 0.6) is 11.5 Å². The van der Waals surface area contributed by atoms with Crippen molar-refractivity contribution in [3.8, 4) is 11.5 Å². The van der Waals surface area contributed by atoms with Gasteiger partial charge in [0, 0.05) is 52.3 Å². The monoisotopic (exact) mass is 934 g/mol. The molecule has 3 aliphatic heterocycles. The van der Waals surface area contributed by atoms with Crippen LogP contribution in [-0.4, -0.2) is 74.8 Å². The van der Waals surface area contributed by atoms with Crippen molar-refractivity contribution in [1.29, 1.82) is 0 Å². The summed E-state index contributed by atoms with van der Waals surface area (Å²) in [7, 11) is 0. The molecule has 64 heavy (non-hydrogen) atoms. The average Bonchev–Trinajstić information content (AvgIpc) is 4.09. The summed E-state index contributed by atoms with van der Waals surface area (Å²) < 4.78 is 91.9. The van der Waals surface area contributed by atoms with E-state index in [0.717, 1.165) is 113 Å². The maximum atomic E-state index is 12.7. The largest absolute Gasteiger partial charge is 0.493 e. The molecule has 2 N–H and O–H groups in total. The number of hydrogen-bond donors (Lipinski definition) is 2. The quantitative estimate of drug-likeness (QED) is 0.109. The third kappa shape index (κ3) is 12.7. The summed E-state index contributed by atoms with van der Waals surface area (Å²) >= 11 is 11.9. The van der Waals surface area contributed by atoms with Crippen LogP contribution in [0.4, 0.5) is 26.3 Å². The first-order valence-corrected chi connectivity index (χ1v) is 23.2. The third-order valence-electron chi connectivity index (χ3n) is 13.7. The van der Waals surface area contributed by atoms with Crippen LogP contribution < -0.4 is 14.8 Å².